The molecule has 0 unspecified atom stereocenters. The van der Waals surface area contributed by atoms with Crippen LogP contribution in [-0.4, -0.2) is 29.9 Å². The van der Waals surface area contributed by atoms with E-state index in [9.17, 15) is 4.79 Å². The molecule has 1 amide bonds. The fraction of sp³-hybridized carbons (Fsp3) is 0.722. The molecule has 0 bridgehead atoms. The van der Waals surface area contributed by atoms with Crippen LogP contribution in [0, 0.1) is 17.8 Å². The number of hydrogen-bond acceptors (Lipinski definition) is 3. The third-order valence-electron chi connectivity index (χ3n) is 5.67. The van der Waals surface area contributed by atoms with Gasteiger partial charge < -0.3 is 9.73 Å². The molecule has 2 saturated carbocycles. The van der Waals surface area contributed by atoms with Gasteiger partial charge in [-0.15, -0.1) is 12.4 Å². The summed E-state index contributed by atoms with van der Waals surface area (Å²) in [4.78, 5) is 14.7. The number of nitrogens with zero attached hydrogens (tertiary/aromatic N) is 1. The molecule has 4 rings (SSSR count). The quantitative estimate of drug-likeness (QED) is 0.866. The lowest BCUT2D eigenvalue weighted by Crippen LogP contribution is -2.42. The van der Waals surface area contributed by atoms with Crippen molar-refractivity contribution in [3.63, 3.8) is 0 Å². The minimum Gasteiger partial charge on any atom is -0.468 e. The molecular formula is C18H27ClN2O2. The lowest BCUT2D eigenvalue weighted by atomic mass is 9.82. The van der Waals surface area contributed by atoms with Crippen molar-refractivity contribution in [2.75, 3.05) is 13.1 Å². The largest absolute Gasteiger partial charge is 0.468 e. The Morgan fingerprint density at radius 2 is 2.09 bits per heavy atom. The van der Waals surface area contributed by atoms with E-state index in [1.165, 1.54) is 32.1 Å². The lowest BCUT2D eigenvalue weighted by Gasteiger charge is -2.26. The van der Waals surface area contributed by atoms with Gasteiger partial charge in [0.15, 0.2) is 0 Å². The van der Waals surface area contributed by atoms with E-state index in [0.717, 1.165) is 37.7 Å². The highest BCUT2D eigenvalue weighted by Crippen LogP contribution is 2.42. The number of nitrogens with one attached hydrogen (secondary N) is 1. The van der Waals surface area contributed by atoms with Crippen LogP contribution in [0.3, 0.4) is 0 Å². The zero-order valence-electron chi connectivity index (χ0n) is 13.6. The van der Waals surface area contributed by atoms with Crippen LogP contribution in [0.1, 0.15) is 44.3 Å². The normalized spacial score (nSPS) is 28.2. The van der Waals surface area contributed by atoms with Gasteiger partial charge in [0.05, 0.1) is 12.8 Å². The molecule has 1 N–H and O–H groups in total. The fourth-order valence-electron chi connectivity index (χ4n) is 4.04. The average Bonchev–Trinajstić information content (AvgIpc) is 3.03. The molecule has 0 radical (unpaired) electrons. The van der Waals surface area contributed by atoms with Crippen LogP contribution in [0.4, 0.5) is 0 Å². The third kappa shape index (κ3) is 4.10. The summed E-state index contributed by atoms with van der Waals surface area (Å²) in [7, 11) is 0. The van der Waals surface area contributed by atoms with Crippen molar-refractivity contribution >= 4 is 18.3 Å². The molecule has 1 aromatic rings. The molecule has 23 heavy (non-hydrogen) atoms. The van der Waals surface area contributed by atoms with Gasteiger partial charge in [0.2, 0.25) is 5.91 Å². The predicted molar refractivity (Wildman–Crippen MR) is 91.3 cm³/mol. The van der Waals surface area contributed by atoms with Gasteiger partial charge in [0.25, 0.3) is 0 Å². The van der Waals surface area contributed by atoms with E-state index in [1.807, 2.05) is 12.1 Å². The van der Waals surface area contributed by atoms with Gasteiger partial charge in [-0.25, -0.2) is 0 Å². The molecule has 2 heterocycles. The summed E-state index contributed by atoms with van der Waals surface area (Å²) in [6.45, 7) is 2.93. The van der Waals surface area contributed by atoms with Crippen LogP contribution in [0.2, 0.25) is 0 Å². The van der Waals surface area contributed by atoms with E-state index < -0.39 is 0 Å². The predicted octanol–water partition coefficient (Wildman–Crippen LogP) is 3.22. The SMILES string of the molecule is Cl.O=C(CC1CCC1)N[C@H]1CN(Cc2ccco2)C[C@@H]1C1CC1. The standard InChI is InChI=1S/C18H26N2O2.ClH/c21-18(9-13-3-1-4-13)19-17-12-20(10-15-5-2-8-22-15)11-16(17)14-6-7-14;/h2,5,8,13-14,16-17H,1,3-4,6-7,9-12H2,(H,19,21);1H/t16-,17+;/m1./s1. The Morgan fingerprint density at radius 3 is 2.70 bits per heavy atom. The summed E-state index contributed by atoms with van der Waals surface area (Å²) >= 11 is 0. The number of carbonyl (C=O) groups excluding carboxylic acids is 1. The van der Waals surface area contributed by atoms with E-state index >= 15 is 0 Å². The van der Waals surface area contributed by atoms with Crippen LogP contribution in [-0.2, 0) is 11.3 Å². The fourth-order valence-corrected chi connectivity index (χ4v) is 4.04. The second-order valence-electron chi connectivity index (χ2n) is 7.45. The minimum atomic E-state index is 0. The topological polar surface area (TPSA) is 45.5 Å². The van der Waals surface area contributed by atoms with Crippen molar-refractivity contribution in [3.05, 3.63) is 24.2 Å². The molecule has 128 valence electrons. The van der Waals surface area contributed by atoms with Gasteiger partial charge in [-0.05, 0) is 55.6 Å². The Bertz CT molecular complexity index is 511. The molecule has 4 nitrogen and oxygen atoms in total. The first kappa shape index (κ1) is 16.8. The summed E-state index contributed by atoms with van der Waals surface area (Å²) < 4.78 is 5.47. The highest BCUT2D eigenvalue weighted by Gasteiger charge is 2.43. The third-order valence-corrected chi connectivity index (χ3v) is 5.67. The Hall–Kier alpha value is -1.00. The van der Waals surface area contributed by atoms with Crippen molar-refractivity contribution in [1.29, 1.82) is 0 Å². The minimum absolute atomic E-state index is 0. The Kier molecular flexibility index (Phi) is 5.32. The number of furan rings is 1. The zero-order valence-corrected chi connectivity index (χ0v) is 14.4. The van der Waals surface area contributed by atoms with Crippen LogP contribution in [0.25, 0.3) is 0 Å². The van der Waals surface area contributed by atoms with E-state index in [1.54, 1.807) is 6.26 Å². The summed E-state index contributed by atoms with van der Waals surface area (Å²) in [5.74, 6) is 3.42. The summed E-state index contributed by atoms with van der Waals surface area (Å²) in [6.07, 6.45) is 8.96. The molecule has 2 atom stereocenters. The Morgan fingerprint density at radius 1 is 1.26 bits per heavy atom. The number of likely N-dealkylation sites (tertiary alicyclic amines) is 1. The molecule has 3 fully saturated rings. The van der Waals surface area contributed by atoms with E-state index in [-0.39, 0.29) is 18.3 Å². The van der Waals surface area contributed by atoms with Crippen molar-refractivity contribution in [2.45, 2.75) is 51.1 Å². The van der Waals surface area contributed by atoms with Crippen molar-refractivity contribution in [2.24, 2.45) is 17.8 Å². The second kappa shape index (κ2) is 7.27. The molecule has 1 saturated heterocycles. The average molecular weight is 339 g/mol. The van der Waals surface area contributed by atoms with Gasteiger partial charge in [0, 0.05) is 25.6 Å². The Labute approximate surface area is 144 Å². The molecule has 1 aromatic heterocycles. The highest BCUT2D eigenvalue weighted by atomic mass is 35.5. The molecule has 0 aromatic carbocycles. The van der Waals surface area contributed by atoms with Crippen LogP contribution in [0.15, 0.2) is 22.8 Å². The first-order valence-corrected chi connectivity index (χ1v) is 8.82. The maximum Gasteiger partial charge on any atom is 0.220 e. The van der Waals surface area contributed by atoms with Gasteiger partial charge in [-0.3, -0.25) is 9.69 Å². The van der Waals surface area contributed by atoms with Crippen molar-refractivity contribution in [1.82, 2.24) is 10.2 Å². The molecule has 2 aliphatic carbocycles. The molecule has 5 heteroatoms. The number of carbonyl (C=O) groups is 1. The summed E-state index contributed by atoms with van der Waals surface area (Å²) in [6, 6.07) is 4.33. The van der Waals surface area contributed by atoms with Crippen LogP contribution < -0.4 is 5.32 Å². The second-order valence-corrected chi connectivity index (χ2v) is 7.45. The zero-order chi connectivity index (χ0) is 14.9. The summed E-state index contributed by atoms with van der Waals surface area (Å²) in [5, 5.41) is 3.35. The summed E-state index contributed by atoms with van der Waals surface area (Å²) in [5.41, 5.74) is 0. The highest BCUT2D eigenvalue weighted by molar-refractivity contribution is 5.85. The number of hydrogen-bond donors (Lipinski definition) is 1. The van der Waals surface area contributed by atoms with Gasteiger partial charge in [-0.1, -0.05) is 6.42 Å². The van der Waals surface area contributed by atoms with Crippen molar-refractivity contribution < 1.29 is 9.21 Å². The van der Waals surface area contributed by atoms with Gasteiger partial charge in [-0.2, -0.15) is 0 Å². The maximum atomic E-state index is 12.3. The maximum absolute atomic E-state index is 12.3. The number of rotatable bonds is 6. The van der Waals surface area contributed by atoms with Crippen LogP contribution >= 0.6 is 12.4 Å². The number of halogens is 1. The number of amides is 1. The van der Waals surface area contributed by atoms with E-state index in [2.05, 4.69) is 10.2 Å². The van der Waals surface area contributed by atoms with Crippen molar-refractivity contribution in [3.8, 4) is 0 Å². The van der Waals surface area contributed by atoms with Gasteiger partial charge in [0.1, 0.15) is 5.76 Å². The van der Waals surface area contributed by atoms with Crippen LogP contribution in [0.5, 0.6) is 0 Å². The monoisotopic (exact) mass is 338 g/mol. The molecule has 3 aliphatic rings. The first-order valence-electron chi connectivity index (χ1n) is 8.82. The first-order chi connectivity index (χ1) is 10.8. The van der Waals surface area contributed by atoms with E-state index in [4.69, 9.17) is 4.42 Å². The molecule has 0 spiro atoms. The van der Waals surface area contributed by atoms with E-state index in [0.29, 0.717) is 17.9 Å². The molecular weight excluding hydrogens is 312 g/mol. The molecule has 1 aliphatic heterocycles. The lowest BCUT2D eigenvalue weighted by molar-refractivity contribution is -0.123. The smallest absolute Gasteiger partial charge is 0.220 e. The Balaban J connectivity index is 0.00000156. The van der Waals surface area contributed by atoms with Gasteiger partial charge >= 0.3 is 0 Å².